The highest BCUT2D eigenvalue weighted by Gasteiger charge is 2.34. The summed E-state index contributed by atoms with van der Waals surface area (Å²) >= 11 is 0. The summed E-state index contributed by atoms with van der Waals surface area (Å²) in [5.74, 6) is -0.263. The van der Waals surface area contributed by atoms with Gasteiger partial charge in [0.15, 0.2) is 0 Å². The van der Waals surface area contributed by atoms with Crippen molar-refractivity contribution >= 4 is 19.1 Å². The van der Waals surface area contributed by atoms with E-state index < -0.39 is 7.25 Å². The average molecular weight is 545 g/mol. The van der Waals surface area contributed by atoms with Crippen molar-refractivity contribution in [3.63, 3.8) is 0 Å². The molecule has 9 heteroatoms. The van der Waals surface area contributed by atoms with Crippen LogP contribution < -0.4 is 0 Å². The zero-order valence-electron chi connectivity index (χ0n) is 23.8. The van der Waals surface area contributed by atoms with Gasteiger partial charge in [-0.1, -0.05) is 96.1 Å². The van der Waals surface area contributed by atoms with Crippen molar-refractivity contribution in [2.45, 2.75) is 103 Å². The topological polar surface area (TPSA) is 37.4 Å². The second-order valence-electron chi connectivity index (χ2n) is 11.1. The summed E-state index contributed by atoms with van der Waals surface area (Å²) in [5, 5.41) is 0. The SMILES string of the molecule is CCCCCCCCCCCCCCCC[N+](C)(C)CCCN1C(=O)c2ccccc2C1=O.F[B-](F)(F)F. The predicted octanol–water partition coefficient (Wildman–Crippen LogP) is 8.53. The van der Waals surface area contributed by atoms with Gasteiger partial charge in [0.2, 0.25) is 0 Å². The van der Waals surface area contributed by atoms with Crippen molar-refractivity contribution < 1.29 is 31.3 Å². The van der Waals surface area contributed by atoms with Crippen molar-refractivity contribution in [1.29, 1.82) is 0 Å². The molecule has 1 aliphatic heterocycles. The number of carbonyl (C=O) groups excluding carboxylic acids is 2. The molecule has 0 fully saturated rings. The molecule has 1 aromatic rings. The first kappa shape index (κ1) is 34.1. The lowest BCUT2D eigenvalue weighted by molar-refractivity contribution is -0.890. The summed E-state index contributed by atoms with van der Waals surface area (Å²) in [6.45, 7) is 4.96. The average Bonchev–Trinajstić information content (AvgIpc) is 3.08. The second-order valence-corrected chi connectivity index (χ2v) is 11.1. The molecule has 38 heavy (non-hydrogen) atoms. The third-order valence-corrected chi connectivity index (χ3v) is 7.14. The van der Waals surface area contributed by atoms with Crippen molar-refractivity contribution in [1.82, 2.24) is 4.90 Å². The van der Waals surface area contributed by atoms with E-state index >= 15 is 0 Å². The van der Waals surface area contributed by atoms with Crippen LogP contribution in [0.15, 0.2) is 24.3 Å². The van der Waals surface area contributed by atoms with Crippen molar-refractivity contribution in [2.75, 3.05) is 33.7 Å². The van der Waals surface area contributed by atoms with E-state index in [2.05, 4.69) is 21.0 Å². The van der Waals surface area contributed by atoms with Crippen LogP contribution in [0.25, 0.3) is 0 Å². The Bertz CT molecular complexity index is 777. The third kappa shape index (κ3) is 15.5. The van der Waals surface area contributed by atoms with Gasteiger partial charge in [0.25, 0.3) is 11.8 Å². The molecular formula is C29H49BF4N2O2. The lowest BCUT2D eigenvalue weighted by Crippen LogP contribution is -2.43. The molecule has 0 saturated heterocycles. The highest BCUT2D eigenvalue weighted by Crippen LogP contribution is 2.22. The van der Waals surface area contributed by atoms with Gasteiger partial charge < -0.3 is 21.7 Å². The largest absolute Gasteiger partial charge is 0.673 e. The Morgan fingerprint density at radius 1 is 0.632 bits per heavy atom. The van der Waals surface area contributed by atoms with Crippen LogP contribution in [0.1, 0.15) is 124 Å². The molecule has 1 heterocycles. The van der Waals surface area contributed by atoms with Crippen molar-refractivity contribution in [3.05, 3.63) is 35.4 Å². The molecule has 0 radical (unpaired) electrons. The highest BCUT2D eigenvalue weighted by molar-refractivity contribution is 6.50. The summed E-state index contributed by atoms with van der Waals surface area (Å²) in [4.78, 5) is 26.4. The normalized spacial score (nSPS) is 13.5. The molecule has 1 aliphatic rings. The first-order chi connectivity index (χ1) is 18.0. The fourth-order valence-electron chi connectivity index (χ4n) is 4.95. The van der Waals surface area contributed by atoms with Crippen LogP contribution in [0, 0.1) is 0 Å². The minimum Gasteiger partial charge on any atom is -0.418 e. The molecule has 0 aromatic heterocycles. The number of rotatable bonds is 19. The second kappa shape index (κ2) is 18.4. The summed E-state index contributed by atoms with van der Waals surface area (Å²) in [6, 6.07) is 7.16. The van der Waals surface area contributed by atoms with Gasteiger partial charge in [-0.05, 0) is 25.0 Å². The molecule has 0 spiro atoms. The van der Waals surface area contributed by atoms with Gasteiger partial charge in [0.05, 0.1) is 38.3 Å². The van der Waals surface area contributed by atoms with Crippen LogP contribution in [-0.2, 0) is 0 Å². The summed E-state index contributed by atoms with van der Waals surface area (Å²) in [5.41, 5.74) is 1.11. The van der Waals surface area contributed by atoms with E-state index in [9.17, 15) is 26.9 Å². The molecule has 0 saturated carbocycles. The Morgan fingerprint density at radius 2 is 0.974 bits per heavy atom. The third-order valence-electron chi connectivity index (χ3n) is 7.14. The van der Waals surface area contributed by atoms with Crippen LogP contribution in [0.2, 0.25) is 0 Å². The molecule has 0 unspecified atom stereocenters. The number of hydrogen-bond acceptors (Lipinski definition) is 2. The zero-order valence-corrected chi connectivity index (χ0v) is 23.8. The summed E-state index contributed by atoms with van der Waals surface area (Å²) in [6.07, 6.45) is 20.3. The van der Waals surface area contributed by atoms with Crippen LogP contribution in [0.4, 0.5) is 17.3 Å². The first-order valence-corrected chi connectivity index (χ1v) is 14.6. The lowest BCUT2D eigenvalue weighted by Gasteiger charge is -2.30. The Labute approximate surface area is 227 Å². The molecule has 0 bridgehead atoms. The van der Waals surface area contributed by atoms with E-state index in [1.807, 2.05) is 12.1 Å². The number of benzene rings is 1. The van der Waals surface area contributed by atoms with Crippen LogP contribution in [0.5, 0.6) is 0 Å². The maximum atomic E-state index is 12.5. The minimum atomic E-state index is -6.00. The quantitative estimate of drug-likeness (QED) is 0.0576. The molecule has 218 valence electrons. The molecule has 2 amide bonds. The van der Waals surface area contributed by atoms with E-state index in [4.69, 9.17) is 0 Å². The van der Waals surface area contributed by atoms with Gasteiger partial charge in [0, 0.05) is 13.0 Å². The van der Waals surface area contributed by atoms with Gasteiger partial charge in [-0.2, -0.15) is 0 Å². The predicted molar refractivity (Wildman–Crippen MR) is 149 cm³/mol. The number of imide groups is 1. The first-order valence-electron chi connectivity index (χ1n) is 14.6. The van der Waals surface area contributed by atoms with Gasteiger partial charge in [0.1, 0.15) is 0 Å². The number of fused-ring (bicyclic) bond motifs is 1. The molecule has 4 nitrogen and oxygen atoms in total. The molecule has 0 N–H and O–H groups in total. The number of amides is 2. The number of hydrogen-bond donors (Lipinski definition) is 0. The van der Waals surface area contributed by atoms with Gasteiger partial charge in [-0.25, -0.2) is 0 Å². The molecule has 0 atom stereocenters. The van der Waals surface area contributed by atoms with E-state index in [1.165, 1.54) is 101 Å². The fourth-order valence-corrected chi connectivity index (χ4v) is 4.95. The van der Waals surface area contributed by atoms with Crippen LogP contribution >= 0.6 is 0 Å². The Hall–Kier alpha value is -1.90. The van der Waals surface area contributed by atoms with Crippen molar-refractivity contribution in [2.24, 2.45) is 0 Å². The van der Waals surface area contributed by atoms with E-state index in [1.54, 1.807) is 12.1 Å². The van der Waals surface area contributed by atoms with E-state index in [0.717, 1.165) is 17.4 Å². The monoisotopic (exact) mass is 544 g/mol. The molecule has 0 aliphatic carbocycles. The standard InChI is InChI=1S/C29H49N2O2.BF4/c1-4-5-6-7-8-9-10-11-12-13-14-15-16-19-24-31(2,3)25-20-23-30-28(32)26-21-17-18-22-27(26)29(30)33;2-1(3,4)5/h17-18,21-22H,4-16,19-20,23-25H2,1-3H3;/q+1;-1. The zero-order chi connectivity index (χ0) is 28.4. The summed E-state index contributed by atoms with van der Waals surface area (Å²) < 4.78 is 40.0. The maximum Gasteiger partial charge on any atom is 0.673 e. The van der Waals surface area contributed by atoms with Crippen molar-refractivity contribution in [3.8, 4) is 0 Å². The lowest BCUT2D eigenvalue weighted by atomic mass is 10.0. The van der Waals surface area contributed by atoms with E-state index in [0.29, 0.717) is 17.7 Å². The molecular weight excluding hydrogens is 495 g/mol. The molecule has 1 aromatic carbocycles. The van der Waals surface area contributed by atoms with E-state index in [-0.39, 0.29) is 11.8 Å². The molecule has 2 rings (SSSR count). The summed E-state index contributed by atoms with van der Waals surface area (Å²) in [7, 11) is -1.46. The van der Waals surface area contributed by atoms with Gasteiger partial charge in [-0.3, -0.25) is 14.5 Å². The highest BCUT2D eigenvalue weighted by atomic mass is 19.5. The maximum absolute atomic E-state index is 12.5. The van der Waals surface area contributed by atoms with Gasteiger partial charge in [-0.15, -0.1) is 0 Å². The Balaban J connectivity index is 0.00000132. The number of quaternary nitrogens is 1. The Kier molecular flexibility index (Phi) is 16.5. The minimum absolute atomic E-state index is 0.132. The number of carbonyl (C=O) groups is 2. The number of unbranched alkanes of at least 4 members (excludes halogenated alkanes) is 13. The Morgan fingerprint density at radius 3 is 1.37 bits per heavy atom. The van der Waals surface area contributed by atoms with Gasteiger partial charge >= 0.3 is 7.25 Å². The van der Waals surface area contributed by atoms with Crippen LogP contribution in [-0.4, -0.2) is 62.2 Å². The number of nitrogens with zero attached hydrogens (tertiary/aromatic N) is 2. The fraction of sp³-hybridized carbons (Fsp3) is 0.724. The smallest absolute Gasteiger partial charge is 0.418 e. The number of halogens is 4. The van der Waals surface area contributed by atoms with Crippen LogP contribution in [0.3, 0.4) is 0 Å².